The molecule has 1 N–H and O–H groups in total. The SMILES string of the molecule is C[C@@H](NC(=O)C(C)(C)C)c1ccc(Br)cc1COS(C)(=O)=O. The molecule has 0 saturated heterocycles. The highest BCUT2D eigenvalue weighted by Gasteiger charge is 2.24. The second-order valence-electron chi connectivity index (χ2n) is 6.25. The first-order chi connectivity index (χ1) is 9.90. The van der Waals surface area contributed by atoms with Crippen molar-refractivity contribution in [3.63, 3.8) is 0 Å². The van der Waals surface area contributed by atoms with Gasteiger partial charge >= 0.3 is 0 Å². The van der Waals surface area contributed by atoms with Gasteiger partial charge in [-0.15, -0.1) is 0 Å². The summed E-state index contributed by atoms with van der Waals surface area (Å²) in [6.07, 6.45) is 1.01. The van der Waals surface area contributed by atoms with Crippen molar-refractivity contribution in [3.8, 4) is 0 Å². The first kappa shape index (κ1) is 19.1. The number of hydrogen-bond donors (Lipinski definition) is 1. The van der Waals surface area contributed by atoms with E-state index in [1.165, 1.54) is 0 Å². The molecule has 1 amide bonds. The van der Waals surface area contributed by atoms with Gasteiger partial charge in [0, 0.05) is 9.89 Å². The van der Waals surface area contributed by atoms with Crippen molar-refractivity contribution in [2.75, 3.05) is 6.26 Å². The summed E-state index contributed by atoms with van der Waals surface area (Å²) >= 11 is 3.36. The number of carbonyl (C=O) groups excluding carboxylic acids is 1. The Hall–Kier alpha value is -0.920. The molecule has 0 unspecified atom stereocenters. The number of carbonyl (C=O) groups is 1. The molecule has 1 aromatic carbocycles. The highest BCUT2D eigenvalue weighted by atomic mass is 79.9. The summed E-state index contributed by atoms with van der Waals surface area (Å²) in [5.74, 6) is -0.0714. The van der Waals surface area contributed by atoms with Crippen LogP contribution in [0, 0.1) is 5.41 Å². The van der Waals surface area contributed by atoms with Crippen LogP contribution >= 0.6 is 15.9 Å². The maximum Gasteiger partial charge on any atom is 0.264 e. The molecule has 1 atom stereocenters. The Morgan fingerprint density at radius 1 is 1.36 bits per heavy atom. The van der Waals surface area contributed by atoms with E-state index >= 15 is 0 Å². The standard InChI is InChI=1S/C15H22BrNO4S/c1-10(17-14(18)15(2,3)4)13-7-6-12(16)8-11(13)9-21-22(5,19)20/h6-8,10H,9H2,1-5H3,(H,17,18)/t10-/m1/s1. The van der Waals surface area contributed by atoms with Crippen LogP contribution in [0.5, 0.6) is 0 Å². The maximum atomic E-state index is 12.1. The molecule has 1 rings (SSSR count). The van der Waals surface area contributed by atoms with Gasteiger partial charge in [0.1, 0.15) is 0 Å². The van der Waals surface area contributed by atoms with Gasteiger partial charge in [0.2, 0.25) is 5.91 Å². The number of nitrogens with one attached hydrogen (secondary N) is 1. The van der Waals surface area contributed by atoms with Crippen molar-refractivity contribution >= 4 is 32.0 Å². The van der Waals surface area contributed by atoms with Crippen molar-refractivity contribution in [3.05, 3.63) is 33.8 Å². The molecule has 0 heterocycles. The number of rotatable bonds is 5. The van der Waals surface area contributed by atoms with E-state index in [1.54, 1.807) is 6.07 Å². The summed E-state index contributed by atoms with van der Waals surface area (Å²) in [6, 6.07) is 5.23. The highest BCUT2D eigenvalue weighted by Crippen LogP contribution is 2.25. The minimum atomic E-state index is -3.53. The summed E-state index contributed by atoms with van der Waals surface area (Å²) in [5.41, 5.74) is 1.04. The average Bonchev–Trinajstić information content (AvgIpc) is 2.34. The molecule has 0 aliphatic heterocycles. The van der Waals surface area contributed by atoms with E-state index in [2.05, 4.69) is 21.2 Å². The molecule has 0 saturated carbocycles. The van der Waals surface area contributed by atoms with Crippen molar-refractivity contribution in [1.82, 2.24) is 5.32 Å². The summed E-state index contributed by atoms with van der Waals surface area (Å²) in [5, 5.41) is 2.93. The van der Waals surface area contributed by atoms with Gasteiger partial charge in [0.05, 0.1) is 18.9 Å². The van der Waals surface area contributed by atoms with Gasteiger partial charge in [-0.25, -0.2) is 0 Å². The molecule has 5 nitrogen and oxygen atoms in total. The van der Waals surface area contributed by atoms with Gasteiger partial charge in [-0.3, -0.25) is 8.98 Å². The summed E-state index contributed by atoms with van der Waals surface area (Å²) < 4.78 is 28.0. The molecular formula is C15H22BrNO4S. The van der Waals surface area contributed by atoms with Crippen LogP contribution in [0.3, 0.4) is 0 Å². The molecule has 0 fully saturated rings. The van der Waals surface area contributed by atoms with Gasteiger partial charge in [-0.05, 0) is 30.2 Å². The van der Waals surface area contributed by atoms with Crippen LogP contribution in [-0.2, 0) is 25.7 Å². The average molecular weight is 392 g/mol. The van der Waals surface area contributed by atoms with E-state index in [-0.39, 0.29) is 18.6 Å². The Balaban J connectivity index is 3.00. The molecule has 0 aromatic heterocycles. The fraction of sp³-hybridized carbons (Fsp3) is 0.533. The molecule has 1 aromatic rings. The molecule has 124 valence electrons. The fourth-order valence-electron chi connectivity index (χ4n) is 1.78. The normalized spacial score (nSPS) is 13.7. The lowest BCUT2D eigenvalue weighted by Crippen LogP contribution is -2.36. The van der Waals surface area contributed by atoms with E-state index in [0.29, 0.717) is 5.56 Å². The zero-order valence-electron chi connectivity index (χ0n) is 13.4. The second kappa shape index (κ2) is 7.10. The van der Waals surface area contributed by atoms with Crippen LogP contribution in [0.25, 0.3) is 0 Å². The van der Waals surface area contributed by atoms with Gasteiger partial charge < -0.3 is 5.32 Å². The smallest absolute Gasteiger partial charge is 0.264 e. The third-order valence-electron chi connectivity index (χ3n) is 3.03. The first-order valence-corrected chi connectivity index (χ1v) is 9.45. The maximum absolute atomic E-state index is 12.1. The van der Waals surface area contributed by atoms with Crippen LogP contribution < -0.4 is 5.32 Å². The minimum Gasteiger partial charge on any atom is -0.349 e. The number of amides is 1. The quantitative estimate of drug-likeness (QED) is 0.782. The van der Waals surface area contributed by atoms with E-state index in [1.807, 2.05) is 39.8 Å². The van der Waals surface area contributed by atoms with Crippen molar-refractivity contribution in [1.29, 1.82) is 0 Å². The van der Waals surface area contributed by atoms with Crippen molar-refractivity contribution in [2.45, 2.75) is 40.3 Å². The van der Waals surface area contributed by atoms with Crippen LogP contribution in [-0.4, -0.2) is 20.6 Å². The molecule has 0 bridgehead atoms. The van der Waals surface area contributed by atoms with Gasteiger partial charge in [-0.2, -0.15) is 8.42 Å². The highest BCUT2D eigenvalue weighted by molar-refractivity contribution is 9.10. The predicted octanol–water partition coefficient (Wildman–Crippen LogP) is 3.15. The Labute approximate surface area is 140 Å². The molecule has 0 spiro atoms. The van der Waals surface area contributed by atoms with E-state index in [9.17, 15) is 13.2 Å². The lowest BCUT2D eigenvalue weighted by Gasteiger charge is -2.23. The summed E-state index contributed by atoms with van der Waals surface area (Å²) in [4.78, 5) is 12.1. The van der Waals surface area contributed by atoms with E-state index in [0.717, 1.165) is 16.3 Å². The van der Waals surface area contributed by atoms with Gasteiger partial charge in [-0.1, -0.05) is 42.8 Å². The first-order valence-electron chi connectivity index (χ1n) is 6.84. The number of benzene rings is 1. The third-order valence-corrected chi connectivity index (χ3v) is 4.07. The largest absolute Gasteiger partial charge is 0.349 e. The number of halogens is 1. The number of hydrogen-bond acceptors (Lipinski definition) is 4. The van der Waals surface area contributed by atoms with E-state index < -0.39 is 15.5 Å². The lowest BCUT2D eigenvalue weighted by molar-refractivity contribution is -0.129. The molecule has 7 heteroatoms. The topological polar surface area (TPSA) is 72.5 Å². The van der Waals surface area contributed by atoms with Crippen molar-refractivity contribution in [2.24, 2.45) is 5.41 Å². The van der Waals surface area contributed by atoms with Crippen LogP contribution in [0.4, 0.5) is 0 Å². The predicted molar refractivity (Wildman–Crippen MR) is 89.8 cm³/mol. The van der Waals surface area contributed by atoms with E-state index in [4.69, 9.17) is 4.18 Å². The zero-order chi connectivity index (χ0) is 17.1. The summed E-state index contributed by atoms with van der Waals surface area (Å²) in [7, 11) is -3.53. The summed E-state index contributed by atoms with van der Waals surface area (Å²) in [6.45, 7) is 7.30. The lowest BCUT2D eigenvalue weighted by atomic mass is 9.94. The Morgan fingerprint density at radius 2 is 1.95 bits per heavy atom. The Kier molecular flexibility index (Phi) is 6.18. The Bertz CT molecular complexity index is 650. The Morgan fingerprint density at radius 3 is 2.45 bits per heavy atom. The molecule has 0 radical (unpaired) electrons. The molecule has 0 aliphatic carbocycles. The van der Waals surface area contributed by atoms with Crippen LogP contribution in [0.2, 0.25) is 0 Å². The molecule has 0 aliphatic rings. The monoisotopic (exact) mass is 391 g/mol. The zero-order valence-corrected chi connectivity index (χ0v) is 15.8. The van der Waals surface area contributed by atoms with Crippen molar-refractivity contribution < 1.29 is 17.4 Å². The van der Waals surface area contributed by atoms with Gasteiger partial charge in [0.15, 0.2) is 0 Å². The third kappa shape index (κ3) is 6.06. The second-order valence-corrected chi connectivity index (χ2v) is 8.81. The fourth-order valence-corrected chi connectivity index (χ4v) is 2.53. The van der Waals surface area contributed by atoms with Crippen LogP contribution in [0.1, 0.15) is 44.9 Å². The van der Waals surface area contributed by atoms with Crippen LogP contribution in [0.15, 0.2) is 22.7 Å². The minimum absolute atomic E-state index is 0.0661. The molecular weight excluding hydrogens is 370 g/mol. The van der Waals surface area contributed by atoms with Gasteiger partial charge in [0.25, 0.3) is 10.1 Å². The molecule has 22 heavy (non-hydrogen) atoms.